The van der Waals surface area contributed by atoms with Gasteiger partial charge in [-0.3, -0.25) is 0 Å². The number of nitrogens with zero attached hydrogens (tertiary/aromatic N) is 1. The minimum Gasteiger partial charge on any atom is -0.474 e. The van der Waals surface area contributed by atoms with E-state index in [0.29, 0.717) is 16.3 Å². The van der Waals surface area contributed by atoms with Crippen molar-refractivity contribution >= 4 is 17.2 Å². The third kappa shape index (κ3) is 3.66. The van der Waals surface area contributed by atoms with E-state index < -0.39 is 0 Å². The molecule has 2 rings (SSSR count). The van der Waals surface area contributed by atoms with Crippen LogP contribution in [0.2, 0.25) is 0 Å². The van der Waals surface area contributed by atoms with Gasteiger partial charge in [0.05, 0.1) is 5.56 Å². The van der Waals surface area contributed by atoms with E-state index in [2.05, 4.69) is 18.8 Å². The van der Waals surface area contributed by atoms with Gasteiger partial charge in [-0.1, -0.05) is 26.1 Å². The predicted octanol–water partition coefficient (Wildman–Crippen LogP) is 3.37. The first-order chi connectivity index (χ1) is 8.87. The van der Waals surface area contributed by atoms with Crippen molar-refractivity contribution in [1.82, 2.24) is 4.98 Å². The van der Waals surface area contributed by atoms with Gasteiger partial charge in [0.15, 0.2) is 0 Å². The molecule has 0 unspecified atom stereocenters. The summed E-state index contributed by atoms with van der Waals surface area (Å²) in [5.41, 5.74) is 7.82. The summed E-state index contributed by atoms with van der Waals surface area (Å²) < 4.78 is 6.04. The molecule has 2 N–H and O–H groups in total. The van der Waals surface area contributed by atoms with E-state index in [-0.39, 0.29) is 6.10 Å². The van der Waals surface area contributed by atoms with Crippen molar-refractivity contribution in [3.05, 3.63) is 23.4 Å². The zero-order valence-corrected chi connectivity index (χ0v) is 12.7. The van der Waals surface area contributed by atoms with E-state index in [1.54, 1.807) is 0 Å². The van der Waals surface area contributed by atoms with Gasteiger partial charge in [-0.05, 0) is 50.2 Å². The Morgan fingerprint density at radius 2 is 2.00 bits per heavy atom. The maximum absolute atomic E-state index is 6.04. The van der Waals surface area contributed by atoms with Crippen LogP contribution in [0.4, 0.5) is 0 Å². The number of ether oxygens (including phenoxy) is 1. The van der Waals surface area contributed by atoms with Crippen molar-refractivity contribution in [3.63, 3.8) is 0 Å². The summed E-state index contributed by atoms with van der Waals surface area (Å²) in [5.74, 6) is 0.595. The summed E-state index contributed by atoms with van der Waals surface area (Å²) in [6.07, 6.45) is 4.74. The van der Waals surface area contributed by atoms with Crippen molar-refractivity contribution in [3.8, 4) is 5.88 Å². The van der Waals surface area contributed by atoms with Gasteiger partial charge in [0.25, 0.3) is 0 Å². The first-order valence-electron chi connectivity index (χ1n) is 6.81. The van der Waals surface area contributed by atoms with Crippen LogP contribution in [0.1, 0.15) is 50.8 Å². The number of hydrogen-bond acceptors (Lipinski definition) is 3. The van der Waals surface area contributed by atoms with Crippen molar-refractivity contribution in [2.24, 2.45) is 11.1 Å². The molecular formula is C15H22N2OS. The molecular weight excluding hydrogens is 256 g/mol. The van der Waals surface area contributed by atoms with Crippen LogP contribution in [0.3, 0.4) is 0 Å². The molecule has 4 heteroatoms. The predicted molar refractivity (Wildman–Crippen MR) is 81.5 cm³/mol. The molecule has 1 heterocycles. The number of hydrogen-bond donors (Lipinski definition) is 1. The lowest BCUT2D eigenvalue weighted by molar-refractivity contribution is 0.0946. The Morgan fingerprint density at radius 1 is 1.37 bits per heavy atom. The van der Waals surface area contributed by atoms with Gasteiger partial charge >= 0.3 is 0 Å². The lowest BCUT2D eigenvalue weighted by atomic mass is 9.76. The molecule has 0 amide bonds. The van der Waals surface area contributed by atoms with Gasteiger partial charge in [-0.15, -0.1) is 0 Å². The minimum absolute atomic E-state index is 0.232. The molecule has 1 saturated carbocycles. The number of nitrogens with two attached hydrogens (primary N) is 1. The molecule has 0 spiro atoms. The van der Waals surface area contributed by atoms with Gasteiger partial charge < -0.3 is 10.5 Å². The third-order valence-corrected chi connectivity index (χ3v) is 4.05. The molecule has 1 fully saturated rings. The molecule has 104 valence electrons. The van der Waals surface area contributed by atoms with Gasteiger partial charge in [-0.25, -0.2) is 4.98 Å². The molecule has 1 aliphatic carbocycles. The van der Waals surface area contributed by atoms with E-state index in [4.69, 9.17) is 22.7 Å². The molecule has 0 bridgehead atoms. The quantitative estimate of drug-likeness (QED) is 0.861. The molecule has 0 aliphatic heterocycles. The smallest absolute Gasteiger partial charge is 0.224 e. The summed E-state index contributed by atoms with van der Waals surface area (Å²) >= 11 is 5.05. The van der Waals surface area contributed by atoms with Crippen molar-refractivity contribution in [2.75, 3.05) is 0 Å². The van der Waals surface area contributed by atoms with E-state index in [9.17, 15) is 0 Å². The number of rotatable bonds is 3. The Kier molecular flexibility index (Phi) is 4.09. The molecule has 19 heavy (non-hydrogen) atoms. The Hall–Kier alpha value is -1.16. The summed E-state index contributed by atoms with van der Waals surface area (Å²) in [7, 11) is 0. The summed E-state index contributed by atoms with van der Waals surface area (Å²) in [6, 6.07) is 3.80. The average Bonchev–Trinajstić information content (AvgIpc) is 2.31. The van der Waals surface area contributed by atoms with Crippen LogP contribution >= 0.6 is 12.2 Å². The maximum Gasteiger partial charge on any atom is 0.224 e. The maximum atomic E-state index is 6.04. The molecule has 1 aromatic rings. The van der Waals surface area contributed by atoms with Crippen LogP contribution in [0.25, 0.3) is 0 Å². The summed E-state index contributed by atoms with van der Waals surface area (Å²) in [4.78, 5) is 4.78. The second-order valence-corrected chi connectivity index (χ2v) is 6.59. The highest BCUT2D eigenvalue weighted by atomic mass is 32.1. The number of aromatic nitrogens is 1. The average molecular weight is 278 g/mol. The van der Waals surface area contributed by atoms with Gasteiger partial charge in [0, 0.05) is 5.69 Å². The van der Waals surface area contributed by atoms with Crippen molar-refractivity contribution < 1.29 is 4.74 Å². The Labute approximate surface area is 120 Å². The van der Waals surface area contributed by atoms with Crippen LogP contribution in [0.15, 0.2) is 12.1 Å². The zero-order valence-electron chi connectivity index (χ0n) is 11.9. The first-order valence-corrected chi connectivity index (χ1v) is 7.22. The van der Waals surface area contributed by atoms with E-state index >= 15 is 0 Å². The Bertz CT molecular complexity index is 475. The fourth-order valence-electron chi connectivity index (χ4n) is 2.46. The van der Waals surface area contributed by atoms with Gasteiger partial charge in [0.2, 0.25) is 5.88 Å². The molecule has 0 saturated heterocycles. The fourth-order valence-corrected chi connectivity index (χ4v) is 2.61. The lowest BCUT2D eigenvalue weighted by Gasteiger charge is -2.34. The summed E-state index contributed by atoms with van der Waals surface area (Å²) in [6.45, 7) is 6.57. The van der Waals surface area contributed by atoms with Crippen LogP contribution in [-0.4, -0.2) is 16.1 Å². The van der Waals surface area contributed by atoms with E-state index in [1.807, 2.05) is 19.1 Å². The third-order valence-electron chi connectivity index (χ3n) is 3.83. The number of pyridine rings is 1. The highest BCUT2D eigenvalue weighted by Crippen LogP contribution is 2.36. The second-order valence-electron chi connectivity index (χ2n) is 6.15. The highest BCUT2D eigenvalue weighted by Gasteiger charge is 2.28. The molecule has 0 aromatic carbocycles. The highest BCUT2D eigenvalue weighted by molar-refractivity contribution is 7.80. The topological polar surface area (TPSA) is 48.1 Å². The van der Waals surface area contributed by atoms with Crippen LogP contribution in [0.5, 0.6) is 5.88 Å². The normalized spacial score (nSPS) is 19.1. The largest absolute Gasteiger partial charge is 0.474 e. The molecule has 1 aromatic heterocycles. The molecule has 0 radical (unpaired) electrons. The zero-order chi connectivity index (χ0) is 14.0. The van der Waals surface area contributed by atoms with Crippen molar-refractivity contribution in [1.29, 1.82) is 0 Å². The minimum atomic E-state index is 0.232. The van der Waals surface area contributed by atoms with Crippen LogP contribution < -0.4 is 10.5 Å². The molecule has 0 atom stereocenters. The Balaban J connectivity index is 2.11. The van der Waals surface area contributed by atoms with Crippen LogP contribution in [0, 0.1) is 12.3 Å². The van der Waals surface area contributed by atoms with Gasteiger partial charge in [0.1, 0.15) is 11.1 Å². The van der Waals surface area contributed by atoms with Gasteiger partial charge in [-0.2, -0.15) is 0 Å². The molecule has 1 aliphatic rings. The van der Waals surface area contributed by atoms with Crippen molar-refractivity contribution in [2.45, 2.75) is 52.6 Å². The monoisotopic (exact) mass is 278 g/mol. The number of aryl methyl sites for hydroxylation is 1. The summed E-state index contributed by atoms with van der Waals surface area (Å²) in [5, 5.41) is 0. The van der Waals surface area contributed by atoms with Crippen LogP contribution in [-0.2, 0) is 0 Å². The second kappa shape index (κ2) is 5.45. The van der Waals surface area contributed by atoms with E-state index in [1.165, 1.54) is 12.8 Å². The Morgan fingerprint density at radius 3 is 2.58 bits per heavy atom. The SMILES string of the molecule is Cc1ccc(C(N)=S)c(OC2CCC(C)(C)CC2)n1. The standard InChI is InChI=1S/C15H22N2OS/c1-10-4-5-12(13(16)19)14(17-10)18-11-6-8-15(2,3)9-7-11/h4-5,11H,6-9H2,1-3H3,(H2,16,19). The van der Waals surface area contributed by atoms with E-state index in [0.717, 1.165) is 24.1 Å². The fraction of sp³-hybridized carbons (Fsp3) is 0.600. The lowest BCUT2D eigenvalue weighted by Crippen LogP contribution is -2.29. The molecule has 3 nitrogen and oxygen atoms in total. The number of thiocarbonyl (C=S) groups is 1. The first kappa shape index (κ1) is 14.3.